The van der Waals surface area contributed by atoms with Gasteiger partial charge >= 0.3 is 5.97 Å². The van der Waals surface area contributed by atoms with Crippen LogP contribution in [0.15, 0.2) is 53.0 Å². The molecule has 0 aliphatic heterocycles. The normalized spacial score (nSPS) is 11.7. The summed E-state index contributed by atoms with van der Waals surface area (Å²) in [6, 6.07) is 11.8. The number of halogens is 1. The van der Waals surface area contributed by atoms with Crippen molar-refractivity contribution in [3.63, 3.8) is 0 Å². The second kappa shape index (κ2) is 11.8. The summed E-state index contributed by atoms with van der Waals surface area (Å²) < 4.78 is 26.2. The fraction of sp³-hybridized carbons (Fsp3) is 0.259. The zero-order valence-corrected chi connectivity index (χ0v) is 23.2. The lowest BCUT2D eigenvalue weighted by atomic mass is 10.0. The fourth-order valence-corrected chi connectivity index (χ4v) is 5.64. The first-order valence-corrected chi connectivity index (χ1v) is 13.6. The van der Waals surface area contributed by atoms with Crippen molar-refractivity contribution in [2.24, 2.45) is 7.05 Å². The van der Waals surface area contributed by atoms with Gasteiger partial charge < -0.3 is 19.4 Å². The molecule has 2 aromatic heterocycles. The molecule has 38 heavy (non-hydrogen) atoms. The topological polar surface area (TPSA) is 95.3 Å². The third kappa shape index (κ3) is 6.22. The van der Waals surface area contributed by atoms with E-state index in [1.807, 2.05) is 40.0 Å². The molecule has 2 aromatic carbocycles. The Balaban J connectivity index is 1.43. The average Bonchev–Trinajstić information content (AvgIpc) is 3.45. The van der Waals surface area contributed by atoms with Gasteiger partial charge in [-0.1, -0.05) is 30.0 Å². The number of methoxy groups -OCH3 is 1. The Bertz CT molecular complexity index is 1450. The van der Waals surface area contributed by atoms with Crippen LogP contribution in [0.25, 0.3) is 11.1 Å². The van der Waals surface area contributed by atoms with E-state index in [0.29, 0.717) is 27.1 Å². The summed E-state index contributed by atoms with van der Waals surface area (Å²) in [6.07, 6.45) is -0.351. The molecule has 0 bridgehead atoms. The van der Waals surface area contributed by atoms with Crippen LogP contribution in [0, 0.1) is 19.7 Å². The van der Waals surface area contributed by atoms with Gasteiger partial charge in [-0.05, 0) is 61.7 Å². The van der Waals surface area contributed by atoms with Crippen molar-refractivity contribution >= 4 is 40.0 Å². The number of hydrogen-bond acceptors (Lipinski definition) is 8. The first-order valence-electron chi connectivity index (χ1n) is 11.7. The standard InChI is InChI=1S/C27H27FN4O4S2/c1-15-10-16(2)12-20(11-15)36-17(3)24-30-31-27(32(24)4)38-14-22(33)29-25-23(26(34)35-5)21(13-37-25)18-6-8-19(28)9-7-18/h6-13,17H,14H2,1-5H3,(H,29,33). The number of amides is 1. The zero-order valence-electron chi connectivity index (χ0n) is 21.6. The Kier molecular flexibility index (Phi) is 8.48. The maximum atomic E-state index is 13.4. The molecule has 1 unspecified atom stereocenters. The van der Waals surface area contributed by atoms with E-state index < -0.39 is 5.97 Å². The van der Waals surface area contributed by atoms with Gasteiger partial charge in [0.25, 0.3) is 0 Å². The summed E-state index contributed by atoms with van der Waals surface area (Å²) in [5, 5.41) is 13.9. The lowest BCUT2D eigenvalue weighted by molar-refractivity contribution is -0.113. The van der Waals surface area contributed by atoms with Crippen LogP contribution in [0.5, 0.6) is 5.75 Å². The van der Waals surface area contributed by atoms with Crippen LogP contribution >= 0.6 is 23.1 Å². The van der Waals surface area contributed by atoms with E-state index in [0.717, 1.165) is 16.9 Å². The first-order chi connectivity index (χ1) is 18.2. The molecule has 4 aromatic rings. The highest BCUT2D eigenvalue weighted by atomic mass is 32.2. The van der Waals surface area contributed by atoms with Crippen LogP contribution in [0.3, 0.4) is 0 Å². The van der Waals surface area contributed by atoms with Gasteiger partial charge in [-0.25, -0.2) is 9.18 Å². The Labute approximate surface area is 228 Å². The summed E-state index contributed by atoms with van der Waals surface area (Å²) in [6.45, 7) is 5.92. The third-order valence-electron chi connectivity index (χ3n) is 5.66. The van der Waals surface area contributed by atoms with Gasteiger partial charge in [0.2, 0.25) is 5.91 Å². The number of anilines is 1. The van der Waals surface area contributed by atoms with Crippen molar-refractivity contribution in [3.05, 3.63) is 76.2 Å². The number of rotatable bonds is 9. The van der Waals surface area contributed by atoms with Crippen LogP contribution < -0.4 is 10.1 Å². The number of ether oxygens (including phenoxy) is 2. The number of hydrogen-bond donors (Lipinski definition) is 1. The van der Waals surface area contributed by atoms with Crippen LogP contribution in [-0.4, -0.2) is 39.5 Å². The quantitative estimate of drug-likeness (QED) is 0.202. The molecule has 8 nitrogen and oxygen atoms in total. The smallest absolute Gasteiger partial charge is 0.341 e. The van der Waals surface area contributed by atoms with E-state index in [4.69, 9.17) is 9.47 Å². The van der Waals surface area contributed by atoms with E-state index in [-0.39, 0.29) is 29.1 Å². The van der Waals surface area contributed by atoms with Crippen molar-refractivity contribution in [1.29, 1.82) is 0 Å². The summed E-state index contributed by atoms with van der Waals surface area (Å²) in [5.74, 6) is 0.127. The average molecular weight is 555 g/mol. The predicted molar refractivity (Wildman–Crippen MR) is 146 cm³/mol. The molecular weight excluding hydrogens is 527 g/mol. The van der Waals surface area contributed by atoms with E-state index in [2.05, 4.69) is 21.6 Å². The van der Waals surface area contributed by atoms with E-state index in [1.165, 1.54) is 42.3 Å². The van der Waals surface area contributed by atoms with Gasteiger partial charge in [-0.2, -0.15) is 0 Å². The molecule has 1 N–H and O–H groups in total. The van der Waals surface area contributed by atoms with Gasteiger partial charge in [0, 0.05) is 18.0 Å². The summed E-state index contributed by atoms with van der Waals surface area (Å²) in [4.78, 5) is 25.3. The number of aryl methyl sites for hydroxylation is 2. The Morgan fingerprint density at radius 1 is 1.13 bits per heavy atom. The summed E-state index contributed by atoms with van der Waals surface area (Å²) in [7, 11) is 3.09. The second-order valence-corrected chi connectivity index (χ2v) is 10.5. The molecule has 4 rings (SSSR count). The number of nitrogens with one attached hydrogen (secondary N) is 1. The molecule has 11 heteroatoms. The number of benzene rings is 2. The fourth-order valence-electron chi connectivity index (χ4n) is 3.95. The highest BCUT2D eigenvalue weighted by Crippen LogP contribution is 2.36. The van der Waals surface area contributed by atoms with Crippen molar-refractivity contribution in [2.75, 3.05) is 18.2 Å². The lowest BCUT2D eigenvalue weighted by Crippen LogP contribution is -2.16. The predicted octanol–water partition coefficient (Wildman–Crippen LogP) is 5.96. The van der Waals surface area contributed by atoms with E-state index in [9.17, 15) is 14.0 Å². The lowest BCUT2D eigenvalue weighted by Gasteiger charge is -2.15. The van der Waals surface area contributed by atoms with Crippen LogP contribution in [0.2, 0.25) is 0 Å². The molecule has 0 radical (unpaired) electrons. The van der Waals surface area contributed by atoms with Crippen LogP contribution in [0.4, 0.5) is 9.39 Å². The van der Waals surface area contributed by atoms with Gasteiger partial charge in [-0.3, -0.25) is 4.79 Å². The van der Waals surface area contributed by atoms with E-state index >= 15 is 0 Å². The van der Waals surface area contributed by atoms with Crippen molar-refractivity contribution in [3.8, 4) is 16.9 Å². The minimum absolute atomic E-state index is 0.0443. The molecule has 0 aliphatic carbocycles. The van der Waals surface area contributed by atoms with Crippen molar-refractivity contribution in [1.82, 2.24) is 14.8 Å². The number of aromatic nitrogens is 3. The monoisotopic (exact) mass is 554 g/mol. The van der Waals surface area contributed by atoms with Gasteiger partial charge in [0.15, 0.2) is 17.1 Å². The number of thiophene rings is 1. The molecule has 0 spiro atoms. The number of nitrogens with zero attached hydrogens (tertiary/aromatic N) is 3. The van der Waals surface area contributed by atoms with Crippen molar-refractivity contribution < 1.29 is 23.5 Å². The first kappa shape index (κ1) is 27.3. The molecule has 0 saturated heterocycles. The molecule has 1 amide bonds. The SMILES string of the molecule is COC(=O)c1c(-c2ccc(F)cc2)csc1NC(=O)CSc1nnc(C(C)Oc2cc(C)cc(C)c2)n1C. The molecule has 0 saturated carbocycles. The summed E-state index contributed by atoms with van der Waals surface area (Å²) >= 11 is 2.41. The number of esters is 1. The Morgan fingerprint density at radius 2 is 1.82 bits per heavy atom. The molecular formula is C27H27FN4O4S2. The van der Waals surface area contributed by atoms with Crippen molar-refractivity contribution in [2.45, 2.75) is 32.0 Å². The van der Waals surface area contributed by atoms with Gasteiger partial charge in [0.1, 0.15) is 22.1 Å². The van der Waals surface area contributed by atoms with Crippen LogP contribution in [-0.2, 0) is 16.6 Å². The highest BCUT2D eigenvalue weighted by molar-refractivity contribution is 7.99. The number of carbonyl (C=O) groups is 2. The molecule has 2 heterocycles. The summed E-state index contributed by atoms with van der Waals surface area (Å²) in [5.41, 5.74) is 3.64. The van der Waals surface area contributed by atoms with Gasteiger partial charge in [0.05, 0.1) is 12.9 Å². The molecule has 1 atom stereocenters. The number of carbonyl (C=O) groups excluding carboxylic acids is 2. The minimum atomic E-state index is -0.593. The second-order valence-electron chi connectivity index (χ2n) is 8.67. The Morgan fingerprint density at radius 3 is 2.47 bits per heavy atom. The minimum Gasteiger partial charge on any atom is -0.483 e. The maximum absolute atomic E-state index is 13.4. The molecule has 0 fully saturated rings. The number of thioether (sulfide) groups is 1. The molecule has 0 aliphatic rings. The highest BCUT2D eigenvalue weighted by Gasteiger charge is 2.23. The zero-order chi connectivity index (χ0) is 27.4. The van der Waals surface area contributed by atoms with Gasteiger partial charge in [-0.15, -0.1) is 21.5 Å². The third-order valence-corrected chi connectivity index (χ3v) is 7.58. The molecule has 198 valence electrons. The van der Waals surface area contributed by atoms with Crippen LogP contribution in [0.1, 0.15) is 40.3 Å². The van der Waals surface area contributed by atoms with E-state index in [1.54, 1.807) is 22.1 Å². The maximum Gasteiger partial charge on any atom is 0.341 e. The Hall–Kier alpha value is -3.70. The largest absolute Gasteiger partial charge is 0.483 e.